The Morgan fingerprint density at radius 1 is 1.48 bits per heavy atom. The number of ether oxygens (including phenoxy) is 3. The van der Waals surface area contributed by atoms with Gasteiger partial charge in [-0.1, -0.05) is 25.3 Å². The fraction of sp³-hybridized carbons (Fsp3) is 0.500. The van der Waals surface area contributed by atoms with E-state index in [0.29, 0.717) is 25.4 Å². The Kier molecular flexibility index (Phi) is 7.46. The van der Waals surface area contributed by atoms with Crippen LogP contribution in [-0.2, 0) is 23.8 Å². The third kappa shape index (κ3) is 7.46. The molecule has 0 saturated carbocycles. The molecule has 1 fully saturated rings. The van der Waals surface area contributed by atoms with Crippen LogP contribution in [0.3, 0.4) is 0 Å². The van der Waals surface area contributed by atoms with Gasteiger partial charge in [0.05, 0.1) is 6.61 Å². The molecule has 1 aliphatic heterocycles. The number of rotatable bonds is 6. The maximum absolute atomic E-state index is 11.1. The van der Waals surface area contributed by atoms with E-state index in [4.69, 9.17) is 14.2 Å². The maximum atomic E-state index is 11.1. The zero-order valence-corrected chi connectivity index (χ0v) is 12.4. The van der Waals surface area contributed by atoms with Crippen molar-refractivity contribution in [3.05, 3.63) is 36.5 Å². The summed E-state index contributed by atoms with van der Waals surface area (Å²) in [5.74, 6) is -0.516. The standard InChI is InChI=1S/C9H12O2.C7H10O3/c1-2-7-11-9(10)8-5-3-4-6-8;1-5(2)7(8)10-4-6-3-9-6/h2,5H,1,3-4,6-7H2;6H,1,3-4H2,2H3. The highest BCUT2D eigenvalue weighted by Gasteiger charge is 2.24. The molecular formula is C16H22O5. The molecular weight excluding hydrogens is 272 g/mol. The van der Waals surface area contributed by atoms with Gasteiger partial charge in [-0.05, 0) is 26.2 Å². The molecule has 5 nitrogen and oxygen atoms in total. The summed E-state index contributed by atoms with van der Waals surface area (Å²) in [7, 11) is 0. The lowest BCUT2D eigenvalue weighted by molar-refractivity contribution is -0.139. The summed E-state index contributed by atoms with van der Waals surface area (Å²) in [6.45, 7) is 9.92. The maximum Gasteiger partial charge on any atom is 0.333 e. The Balaban J connectivity index is 0.000000211. The Hall–Kier alpha value is -1.88. The van der Waals surface area contributed by atoms with E-state index in [1.54, 1.807) is 13.0 Å². The van der Waals surface area contributed by atoms with E-state index >= 15 is 0 Å². The van der Waals surface area contributed by atoms with Crippen LogP contribution in [0.1, 0.15) is 26.2 Å². The second-order valence-corrected chi connectivity index (χ2v) is 4.84. The van der Waals surface area contributed by atoms with Crippen molar-refractivity contribution < 1.29 is 23.8 Å². The first-order chi connectivity index (χ1) is 10.0. The van der Waals surface area contributed by atoms with Crippen LogP contribution in [0, 0.1) is 0 Å². The van der Waals surface area contributed by atoms with Gasteiger partial charge in [0.15, 0.2) is 0 Å². The average molecular weight is 294 g/mol. The summed E-state index contributed by atoms with van der Waals surface area (Å²) >= 11 is 0. The van der Waals surface area contributed by atoms with Crippen LogP contribution in [0.5, 0.6) is 0 Å². The highest BCUT2D eigenvalue weighted by Crippen LogP contribution is 2.18. The topological polar surface area (TPSA) is 65.1 Å². The van der Waals surface area contributed by atoms with Gasteiger partial charge in [-0.2, -0.15) is 0 Å². The minimum absolute atomic E-state index is 0.142. The van der Waals surface area contributed by atoms with E-state index in [9.17, 15) is 9.59 Å². The number of allylic oxidation sites excluding steroid dienone is 1. The fourth-order valence-corrected chi connectivity index (χ4v) is 1.54. The molecule has 2 aliphatic rings. The molecule has 0 aromatic rings. The molecule has 2 rings (SSSR count). The molecule has 0 aromatic heterocycles. The number of hydrogen-bond acceptors (Lipinski definition) is 5. The van der Waals surface area contributed by atoms with Crippen molar-refractivity contribution in [2.75, 3.05) is 19.8 Å². The molecule has 0 amide bonds. The first kappa shape index (κ1) is 17.2. The van der Waals surface area contributed by atoms with Crippen molar-refractivity contribution in [1.82, 2.24) is 0 Å². The van der Waals surface area contributed by atoms with E-state index in [0.717, 1.165) is 24.8 Å². The van der Waals surface area contributed by atoms with Crippen molar-refractivity contribution >= 4 is 11.9 Å². The summed E-state index contributed by atoms with van der Waals surface area (Å²) in [4.78, 5) is 21.8. The van der Waals surface area contributed by atoms with E-state index in [1.807, 2.05) is 6.08 Å². The third-order valence-corrected chi connectivity index (χ3v) is 2.79. The molecule has 21 heavy (non-hydrogen) atoms. The second-order valence-electron chi connectivity index (χ2n) is 4.84. The molecule has 1 atom stereocenters. The predicted molar refractivity (Wildman–Crippen MR) is 78.6 cm³/mol. The lowest BCUT2D eigenvalue weighted by Gasteiger charge is -2.00. The molecule has 1 saturated heterocycles. The number of carbonyl (C=O) groups is 2. The van der Waals surface area contributed by atoms with E-state index in [2.05, 4.69) is 13.2 Å². The van der Waals surface area contributed by atoms with Crippen LogP contribution in [0.25, 0.3) is 0 Å². The van der Waals surface area contributed by atoms with Gasteiger partial charge < -0.3 is 14.2 Å². The highest BCUT2D eigenvalue weighted by atomic mass is 16.6. The fourth-order valence-electron chi connectivity index (χ4n) is 1.54. The Bertz CT molecular complexity index is 432. The first-order valence-corrected chi connectivity index (χ1v) is 6.96. The van der Waals surface area contributed by atoms with Crippen LogP contribution >= 0.6 is 0 Å². The van der Waals surface area contributed by atoms with Crippen molar-refractivity contribution in [3.63, 3.8) is 0 Å². The molecule has 116 valence electrons. The van der Waals surface area contributed by atoms with Crippen LogP contribution < -0.4 is 0 Å². The minimum atomic E-state index is -0.337. The predicted octanol–water partition coefficient (Wildman–Crippen LogP) is 2.33. The smallest absolute Gasteiger partial charge is 0.333 e. The minimum Gasteiger partial charge on any atom is -0.459 e. The van der Waals surface area contributed by atoms with E-state index in [1.165, 1.54) is 0 Å². The lowest BCUT2D eigenvalue weighted by atomic mass is 10.2. The van der Waals surface area contributed by atoms with Gasteiger partial charge in [-0.25, -0.2) is 9.59 Å². The summed E-state index contributed by atoms with van der Waals surface area (Å²) < 4.78 is 14.4. The van der Waals surface area contributed by atoms with Crippen LogP contribution in [0.15, 0.2) is 36.5 Å². The summed E-state index contributed by atoms with van der Waals surface area (Å²) in [5, 5.41) is 0. The number of hydrogen-bond donors (Lipinski definition) is 0. The van der Waals surface area contributed by atoms with Gasteiger partial charge in [0.2, 0.25) is 0 Å². The second kappa shape index (κ2) is 9.13. The van der Waals surface area contributed by atoms with Gasteiger partial charge in [0.1, 0.15) is 19.3 Å². The van der Waals surface area contributed by atoms with Gasteiger partial charge >= 0.3 is 11.9 Å². The van der Waals surface area contributed by atoms with Gasteiger partial charge in [-0.15, -0.1) is 0 Å². The molecule has 0 bridgehead atoms. The SMILES string of the molecule is C=C(C)C(=O)OCC1CO1.C=CCOC(=O)C1=CCCC1. The largest absolute Gasteiger partial charge is 0.459 e. The monoisotopic (exact) mass is 294 g/mol. The van der Waals surface area contributed by atoms with Gasteiger partial charge in [0, 0.05) is 11.1 Å². The molecule has 0 N–H and O–H groups in total. The first-order valence-electron chi connectivity index (χ1n) is 6.96. The Labute approximate surface area is 125 Å². The quantitative estimate of drug-likeness (QED) is 0.325. The summed E-state index contributed by atoms with van der Waals surface area (Å²) in [5.41, 5.74) is 1.26. The third-order valence-electron chi connectivity index (χ3n) is 2.79. The summed E-state index contributed by atoms with van der Waals surface area (Å²) in [6.07, 6.45) is 6.63. The molecule has 1 heterocycles. The normalized spacial score (nSPS) is 18.7. The van der Waals surface area contributed by atoms with Crippen LogP contribution in [0.2, 0.25) is 0 Å². The van der Waals surface area contributed by atoms with Gasteiger partial charge in [0.25, 0.3) is 0 Å². The Morgan fingerprint density at radius 2 is 2.19 bits per heavy atom. The van der Waals surface area contributed by atoms with Gasteiger partial charge in [-0.3, -0.25) is 0 Å². The van der Waals surface area contributed by atoms with E-state index in [-0.39, 0.29) is 18.0 Å². The summed E-state index contributed by atoms with van der Waals surface area (Å²) in [6, 6.07) is 0. The highest BCUT2D eigenvalue weighted by molar-refractivity contribution is 5.88. The molecule has 0 spiro atoms. The van der Waals surface area contributed by atoms with Crippen molar-refractivity contribution in [2.24, 2.45) is 0 Å². The number of epoxide rings is 1. The van der Waals surface area contributed by atoms with Crippen molar-refractivity contribution in [1.29, 1.82) is 0 Å². The zero-order valence-electron chi connectivity index (χ0n) is 12.4. The molecule has 5 heteroatoms. The number of esters is 2. The van der Waals surface area contributed by atoms with Crippen LogP contribution in [-0.4, -0.2) is 37.9 Å². The van der Waals surface area contributed by atoms with E-state index < -0.39 is 0 Å². The lowest BCUT2D eigenvalue weighted by Crippen LogP contribution is -2.09. The molecule has 1 aliphatic carbocycles. The molecule has 1 unspecified atom stereocenters. The average Bonchev–Trinajstić information content (AvgIpc) is 3.14. The van der Waals surface area contributed by atoms with Crippen molar-refractivity contribution in [2.45, 2.75) is 32.3 Å². The van der Waals surface area contributed by atoms with Crippen LogP contribution in [0.4, 0.5) is 0 Å². The van der Waals surface area contributed by atoms with Crippen molar-refractivity contribution in [3.8, 4) is 0 Å². The Morgan fingerprint density at radius 3 is 2.67 bits per heavy atom. The molecule has 0 radical (unpaired) electrons. The molecule has 0 aromatic carbocycles. The number of carbonyl (C=O) groups excluding carboxylic acids is 2. The zero-order chi connectivity index (χ0) is 15.7.